The second-order valence-electron chi connectivity index (χ2n) is 5.08. The molecule has 20 heavy (non-hydrogen) atoms. The Bertz CT molecular complexity index is 589. The third-order valence-corrected chi connectivity index (χ3v) is 3.44. The maximum atomic E-state index is 9.98. The lowest BCUT2D eigenvalue weighted by molar-refractivity contribution is 0.200. The zero-order valence-electron chi connectivity index (χ0n) is 12.3. The number of rotatable bonds is 4. The fourth-order valence-electron chi connectivity index (χ4n) is 2.39. The van der Waals surface area contributed by atoms with Crippen LogP contribution in [-0.4, -0.2) is 11.7 Å². The Morgan fingerprint density at radius 1 is 1.20 bits per heavy atom. The normalized spacial score (nSPS) is 12.2. The molecule has 2 aromatic carbocycles. The average molecular weight is 270 g/mol. The molecule has 0 amide bonds. The van der Waals surface area contributed by atoms with Crippen LogP contribution in [0.3, 0.4) is 0 Å². The fraction of sp³-hybridized carbons (Fsp3) is 0.294. The van der Waals surface area contributed by atoms with Gasteiger partial charge < -0.3 is 16.2 Å². The quantitative estimate of drug-likeness (QED) is 0.742. The van der Waals surface area contributed by atoms with Gasteiger partial charge in [-0.15, -0.1) is 0 Å². The number of anilines is 2. The van der Waals surface area contributed by atoms with E-state index >= 15 is 0 Å². The Hall–Kier alpha value is -2.00. The second kappa shape index (κ2) is 5.97. The van der Waals surface area contributed by atoms with Crippen molar-refractivity contribution in [2.24, 2.45) is 0 Å². The first-order chi connectivity index (χ1) is 9.52. The summed E-state index contributed by atoms with van der Waals surface area (Å²) < 4.78 is 0. The van der Waals surface area contributed by atoms with Crippen molar-refractivity contribution < 1.29 is 5.11 Å². The van der Waals surface area contributed by atoms with Crippen molar-refractivity contribution in [2.75, 3.05) is 17.6 Å². The van der Waals surface area contributed by atoms with E-state index in [0.717, 1.165) is 34.6 Å². The van der Waals surface area contributed by atoms with Crippen molar-refractivity contribution in [2.45, 2.75) is 26.9 Å². The fourth-order valence-corrected chi connectivity index (χ4v) is 2.39. The van der Waals surface area contributed by atoms with Gasteiger partial charge in [-0.05, 0) is 61.7 Å². The molecule has 3 heteroatoms. The number of aliphatic hydroxyl groups excluding tert-OH is 1. The van der Waals surface area contributed by atoms with E-state index < -0.39 is 6.10 Å². The molecule has 1 unspecified atom stereocenters. The summed E-state index contributed by atoms with van der Waals surface area (Å²) in [6, 6.07) is 12.0. The molecule has 0 fully saturated rings. The highest BCUT2D eigenvalue weighted by molar-refractivity contribution is 5.73. The van der Waals surface area contributed by atoms with Crippen LogP contribution in [0.1, 0.15) is 31.1 Å². The Morgan fingerprint density at radius 2 is 1.85 bits per heavy atom. The van der Waals surface area contributed by atoms with Gasteiger partial charge in [-0.2, -0.15) is 0 Å². The van der Waals surface area contributed by atoms with E-state index in [1.165, 1.54) is 5.56 Å². The third kappa shape index (κ3) is 2.94. The van der Waals surface area contributed by atoms with Crippen LogP contribution >= 0.6 is 0 Å². The summed E-state index contributed by atoms with van der Waals surface area (Å²) in [5, 5.41) is 13.3. The summed E-state index contributed by atoms with van der Waals surface area (Å²) in [5.74, 6) is 0. The highest BCUT2D eigenvalue weighted by Gasteiger charge is 2.12. The number of aryl methyl sites for hydroxylation is 1. The van der Waals surface area contributed by atoms with E-state index in [4.69, 9.17) is 5.73 Å². The average Bonchev–Trinajstić information content (AvgIpc) is 2.40. The van der Waals surface area contributed by atoms with Gasteiger partial charge in [0, 0.05) is 23.5 Å². The molecule has 0 aliphatic heterocycles. The largest absolute Gasteiger partial charge is 0.399 e. The number of aliphatic hydroxyl groups is 1. The summed E-state index contributed by atoms with van der Waals surface area (Å²) >= 11 is 0. The van der Waals surface area contributed by atoms with E-state index in [2.05, 4.69) is 31.3 Å². The molecule has 2 rings (SSSR count). The van der Waals surface area contributed by atoms with Gasteiger partial charge in [0.1, 0.15) is 0 Å². The Labute approximate surface area is 120 Å². The van der Waals surface area contributed by atoms with Crippen LogP contribution in [0.4, 0.5) is 11.4 Å². The van der Waals surface area contributed by atoms with E-state index in [0.29, 0.717) is 0 Å². The van der Waals surface area contributed by atoms with Crippen molar-refractivity contribution in [3.8, 4) is 11.1 Å². The zero-order valence-corrected chi connectivity index (χ0v) is 12.3. The molecule has 0 spiro atoms. The molecule has 0 aromatic heterocycles. The van der Waals surface area contributed by atoms with Crippen molar-refractivity contribution in [3.63, 3.8) is 0 Å². The number of hydrogen-bond donors (Lipinski definition) is 3. The van der Waals surface area contributed by atoms with Crippen LogP contribution in [0.25, 0.3) is 11.1 Å². The van der Waals surface area contributed by atoms with Crippen LogP contribution in [0, 0.1) is 6.92 Å². The Morgan fingerprint density at radius 3 is 2.40 bits per heavy atom. The molecule has 3 nitrogen and oxygen atoms in total. The van der Waals surface area contributed by atoms with Crippen molar-refractivity contribution in [1.82, 2.24) is 0 Å². The number of benzene rings is 2. The van der Waals surface area contributed by atoms with Gasteiger partial charge in [0.15, 0.2) is 0 Å². The zero-order chi connectivity index (χ0) is 14.7. The molecule has 1 atom stereocenters. The predicted molar refractivity (Wildman–Crippen MR) is 85.8 cm³/mol. The lowest BCUT2D eigenvalue weighted by Gasteiger charge is -2.17. The molecule has 0 saturated carbocycles. The summed E-state index contributed by atoms with van der Waals surface area (Å²) in [6.07, 6.45) is -0.503. The number of hydrogen-bond acceptors (Lipinski definition) is 3. The minimum absolute atomic E-state index is 0.503. The first-order valence-electron chi connectivity index (χ1n) is 6.95. The summed E-state index contributed by atoms with van der Waals surface area (Å²) in [7, 11) is 0. The van der Waals surface area contributed by atoms with Gasteiger partial charge in [-0.25, -0.2) is 0 Å². The standard InChI is InChI=1S/C17H22N2O/c1-4-19-17-9-11(2)15(10-16(17)12(3)20)13-5-7-14(18)8-6-13/h5-10,12,19-20H,4,18H2,1-3H3. The minimum atomic E-state index is -0.503. The lowest BCUT2D eigenvalue weighted by atomic mass is 9.95. The summed E-state index contributed by atoms with van der Waals surface area (Å²) in [6.45, 7) is 6.76. The van der Waals surface area contributed by atoms with Crippen molar-refractivity contribution in [3.05, 3.63) is 47.5 Å². The van der Waals surface area contributed by atoms with Gasteiger partial charge in [-0.1, -0.05) is 12.1 Å². The van der Waals surface area contributed by atoms with Gasteiger partial charge in [0.25, 0.3) is 0 Å². The predicted octanol–water partition coefficient (Wildman–Crippen LogP) is 3.73. The van der Waals surface area contributed by atoms with Gasteiger partial charge in [0.05, 0.1) is 6.10 Å². The lowest BCUT2D eigenvalue weighted by Crippen LogP contribution is -2.04. The molecular weight excluding hydrogens is 248 g/mol. The number of nitrogens with one attached hydrogen (secondary N) is 1. The van der Waals surface area contributed by atoms with Gasteiger partial charge >= 0.3 is 0 Å². The molecule has 0 saturated heterocycles. The van der Waals surface area contributed by atoms with Crippen LogP contribution in [-0.2, 0) is 0 Å². The van der Waals surface area contributed by atoms with Crippen molar-refractivity contribution >= 4 is 11.4 Å². The van der Waals surface area contributed by atoms with E-state index in [1.54, 1.807) is 6.92 Å². The second-order valence-corrected chi connectivity index (χ2v) is 5.08. The molecule has 106 valence electrons. The highest BCUT2D eigenvalue weighted by atomic mass is 16.3. The molecule has 0 radical (unpaired) electrons. The van der Waals surface area contributed by atoms with Crippen LogP contribution in [0.5, 0.6) is 0 Å². The SMILES string of the molecule is CCNc1cc(C)c(-c2ccc(N)cc2)cc1C(C)O. The van der Waals surface area contributed by atoms with Crippen molar-refractivity contribution in [1.29, 1.82) is 0 Å². The smallest absolute Gasteiger partial charge is 0.0782 e. The first kappa shape index (κ1) is 14.4. The topological polar surface area (TPSA) is 58.3 Å². The molecule has 2 aromatic rings. The summed E-state index contributed by atoms with van der Waals surface area (Å²) in [4.78, 5) is 0. The van der Waals surface area contributed by atoms with E-state index in [1.807, 2.05) is 24.3 Å². The Balaban J connectivity index is 2.54. The van der Waals surface area contributed by atoms with Crippen LogP contribution in [0.15, 0.2) is 36.4 Å². The molecule has 0 aliphatic carbocycles. The highest BCUT2D eigenvalue weighted by Crippen LogP contribution is 2.32. The third-order valence-electron chi connectivity index (χ3n) is 3.44. The molecule has 0 aliphatic rings. The Kier molecular flexibility index (Phi) is 4.30. The molecular formula is C17H22N2O. The monoisotopic (exact) mass is 270 g/mol. The van der Waals surface area contributed by atoms with E-state index in [-0.39, 0.29) is 0 Å². The van der Waals surface area contributed by atoms with Gasteiger partial charge in [0.2, 0.25) is 0 Å². The number of nitrogens with two attached hydrogens (primary N) is 1. The number of nitrogen functional groups attached to an aromatic ring is 1. The summed E-state index contributed by atoms with van der Waals surface area (Å²) in [5.41, 5.74) is 11.8. The van der Waals surface area contributed by atoms with Crippen LogP contribution < -0.4 is 11.1 Å². The molecule has 4 N–H and O–H groups in total. The maximum absolute atomic E-state index is 9.98. The minimum Gasteiger partial charge on any atom is -0.399 e. The first-order valence-corrected chi connectivity index (χ1v) is 6.95. The maximum Gasteiger partial charge on any atom is 0.0782 e. The van der Waals surface area contributed by atoms with E-state index in [9.17, 15) is 5.11 Å². The molecule has 0 bridgehead atoms. The van der Waals surface area contributed by atoms with Gasteiger partial charge in [-0.3, -0.25) is 0 Å². The van der Waals surface area contributed by atoms with Crippen LogP contribution in [0.2, 0.25) is 0 Å². The molecule has 0 heterocycles.